The fourth-order valence-electron chi connectivity index (χ4n) is 4.25. The van der Waals surface area contributed by atoms with Gasteiger partial charge in [-0.15, -0.1) is 0 Å². The maximum Gasteiger partial charge on any atom is 0.317 e. The normalized spacial score (nSPS) is 20.1. The Morgan fingerprint density at radius 2 is 1.19 bits per heavy atom. The number of hydrogen-bond acceptors (Lipinski definition) is 9. The standard InChI is InChI=1S/C24H41N5O8/c1-3-19(25)5-4-18(2)12-20-13-28(16-23(34)35)9-8-26(14-21(30)31)6-7-27(15-22(32)33)10-11-29(20)17-24(36)37/h4,20,25H,3,5-17H2,1-2H3,(H,30,31)(H,32,33)(H,34,35)(H,36,37)/b18-4+,25-19?. The van der Waals surface area contributed by atoms with Gasteiger partial charge in [-0.2, -0.15) is 0 Å². The summed E-state index contributed by atoms with van der Waals surface area (Å²) in [6.45, 7) is 4.44. The fraction of sp³-hybridized carbons (Fsp3) is 0.708. The molecule has 0 aromatic rings. The minimum Gasteiger partial charge on any atom is -0.480 e. The minimum absolute atomic E-state index is 0.232. The minimum atomic E-state index is -1.05. The average molecular weight is 528 g/mol. The predicted molar refractivity (Wildman–Crippen MR) is 136 cm³/mol. The SMILES string of the molecule is CCC(=N)C/C=C(\C)CC1CN(CC(=O)O)CCN(CC(=O)O)CCN(CC(=O)O)CCN1CC(=O)O. The second-order valence-corrected chi connectivity index (χ2v) is 9.40. The van der Waals surface area contributed by atoms with E-state index in [4.69, 9.17) is 5.41 Å². The van der Waals surface area contributed by atoms with E-state index in [1.807, 2.05) is 19.9 Å². The molecule has 0 saturated carbocycles. The molecule has 0 radical (unpaired) electrons. The molecule has 210 valence electrons. The first kappa shape index (κ1) is 32.2. The highest BCUT2D eigenvalue weighted by atomic mass is 16.4. The van der Waals surface area contributed by atoms with Crippen LogP contribution in [0, 0.1) is 5.41 Å². The van der Waals surface area contributed by atoms with Crippen molar-refractivity contribution in [1.29, 1.82) is 5.41 Å². The van der Waals surface area contributed by atoms with Crippen molar-refractivity contribution in [3.8, 4) is 0 Å². The summed E-state index contributed by atoms with van der Waals surface area (Å²) in [6.07, 6.45) is 3.46. The van der Waals surface area contributed by atoms with Crippen molar-refractivity contribution in [2.45, 2.75) is 39.2 Å². The van der Waals surface area contributed by atoms with Gasteiger partial charge in [0.1, 0.15) is 0 Å². The number of nitrogens with one attached hydrogen (secondary N) is 1. The van der Waals surface area contributed by atoms with E-state index < -0.39 is 23.9 Å². The zero-order valence-corrected chi connectivity index (χ0v) is 21.8. The van der Waals surface area contributed by atoms with Crippen LogP contribution < -0.4 is 0 Å². The lowest BCUT2D eigenvalue weighted by atomic mass is 10.0. The molecule has 1 heterocycles. The lowest BCUT2D eigenvalue weighted by molar-refractivity contribution is -0.142. The van der Waals surface area contributed by atoms with Crippen LogP contribution in [-0.2, 0) is 19.2 Å². The summed E-state index contributed by atoms with van der Waals surface area (Å²) in [6, 6.07) is -0.387. The molecule has 1 saturated heterocycles. The van der Waals surface area contributed by atoms with Gasteiger partial charge in [0.2, 0.25) is 0 Å². The Kier molecular flexibility index (Phi) is 14.6. The number of aliphatic carboxylic acids is 4. The van der Waals surface area contributed by atoms with E-state index in [1.54, 1.807) is 19.6 Å². The van der Waals surface area contributed by atoms with Gasteiger partial charge >= 0.3 is 23.9 Å². The lowest BCUT2D eigenvalue weighted by Gasteiger charge is -2.37. The molecule has 0 aromatic carbocycles. The van der Waals surface area contributed by atoms with Crippen LogP contribution in [0.4, 0.5) is 0 Å². The van der Waals surface area contributed by atoms with Crippen molar-refractivity contribution >= 4 is 29.6 Å². The van der Waals surface area contributed by atoms with Crippen molar-refractivity contribution in [2.24, 2.45) is 0 Å². The molecule has 1 fully saturated rings. The number of carboxylic acid groups (broad SMARTS) is 4. The van der Waals surface area contributed by atoms with Crippen molar-refractivity contribution in [3.05, 3.63) is 11.6 Å². The van der Waals surface area contributed by atoms with Gasteiger partial charge in [-0.25, -0.2) is 0 Å². The number of hydrogen-bond donors (Lipinski definition) is 5. The highest BCUT2D eigenvalue weighted by molar-refractivity contribution is 5.82. The van der Waals surface area contributed by atoms with Gasteiger partial charge in [0, 0.05) is 64.0 Å². The van der Waals surface area contributed by atoms with E-state index in [1.165, 1.54) is 0 Å². The molecule has 0 aromatic heterocycles. The molecular weight excluding hydrogens is 486 g/mol. The molecule has 0 bridgehead atoms. The molecule has 1 rings (SSSR count). The van der Waals surface area contributed by atoms with E-state index >= 15 is 0 Å². The zero-order chi connectivity index (χ0) is 28.0. The second-order valence-electron chi connectivity index (χ2n) is 9.40. The Balaban J connectivity index is 3.32. The molecule has 13 heteroatoms. The van der Waals surface area contributed by atoms with Crippen LogP contribution in [0.3, 0.4) is 0 Å². The van der Waals surface area contributed by atoms with Gasteiger partial charge < -0.3 is 25.8 Å². The van der Waals surface area contributed by atoms with Gasteiger partial charge in [-0.05, 0) is 19.8 Å². The van der Waals surface area contributed by atoms with Crippen LogP contribution in [0.25, 0.3) is 0 Å². The number of nitrogens with zero attached hydrogens (tertiary/aromatic N) is 4. The number of carbonyl (C=O) groups is 4. The number of rotatable bonds is 13. The molecule has 5 N–H and O–H groups in total. The third kappa shape index (κ3) is 14.5. The van der Waals surface area contributed by atoms with Crippen LogP contribution in [0.1, 0.15) is 33.1 Å². The maximum absolute atomic E-state index is 11.7. The van der Waals surface area contributed by atoms with Gasteiger partial charge in [-0.1, -0.05) is 18.6 Å². The molecule has 13 nitrogen and oxygen atoms in total. The molecule has 1 aliphatic rings. The number of allylic oxidation sites excluding steroid dienone is 1. The highest BCUT2D eigenvalue weighted by Crippen LogP contribution is 2.16. The molecule has 0 amide bonds. The van der Waals surface area contributed by atoms with Crippen LogP contribution in [-0.4, -0.2) is 148 Å². The molecule has 1 atom stereocenters. The monoisotopic (exact) mass is 527 g/mol. The summed E-state index contributed by atoms with van der Waals surface area (Å²) < 4.78 is 0. The van der Waals surface area contributed by atoms with E-state index in [0.29, 0.717) is 25.0 Å². The Morgan fingerprint density at radius 3 is 1.65 bits per heavy atom. The Morgan fingerprint density at radius 1 is 0.757 bits per heavy atom. The largest absolute Gasteiger partial charge is 0.480 e. The molecular formula is C24H41N5O8. The first-order chi connectivity index (χ1) is 17.4. The van der Waals surface area contributed by atoms with Crippen molar-refractivity contribution < 1.29 is 39.6 Å². The van der Waals surface area contributed by atoms with Gasteiger partial charge in [-0.3, -0.25) is 38.8 Å². The van der Waals surface area contributed by atoms with Gasteiger partial charge in [0.15, 0.2) is 0 Å². The molecule has 1 unspecified atom stereocenters. The Hall–Kier alpha value is -2.87. The quantitative estimate of drug-likeness (QED) is 0.161. The van der Waals surface area contributed by atoms with Crippen LogP contribution in [0.15, 0.2) is 11.6 Å². The van der Waals surface area contributed by atoms with E-state index in [2.05, 4.69) is 0 Å². The summed E-state index contributed by atoms with van der Waals surface area (Å²) in [5, 5.41) is 45.6. The molecule has 1 aliphatic heterocycles. The van der Waals surface area contributed by atoms with Gasteiger partial charge in [0.25, 0.3) is 0 Å². The summed E-state index contributed by atoms with van der Waals surface area (Å²) in [4.78, 5) is 52.9. The third-order valence-corrected chi connectivity index (χ3v) is 6.25. The first-order valence-corrected chi connectivity index (χ1v) is 12.4. The molecule has 0 aliphatic carbocycles. The van der Waals surface area contributed by atoms with Crippen LogP contribution in [0.5, 0.6) is 0 Å². The summed E-state index contributed by atoms with van der Waals surface area (Å²) in [5.41, 5.74) is 1.51. The Labute approximate surface area is 217 Å². The van der Waals surface area contributed by atoms with Gasteiger partial charge in [0.05, 0.1) is 26.2 Å². The van der Waals surface area contributed by atoms with Crippen molar-refractivity contribution in [1.82, 2.24) is 19.6 Å². The van der Waals surface area contributed by atoms with Crippen molar-refractivity contribution in [2.75, 3.05) is 72.0 Å². The van der Waals surface area contributed by atoms with Crippen molar-refractivity contribution in [3.63, 3.8) is 0 Å². The fourth-order valence-corrected chi connectivity index (χ4v) is 4.25. The zero-order valence-electron chi connectivity index (χ0n) is 21.8. The molecule has 37 heavy (non-hydrogen) atoms. The predicted octanol–water partition coefficient (Wildman–Crippen LogP) is 0.0713. The highest BCUT2D eigenvalue weighted by Gasteiger charge is 2.27. The van der Waals surface area contributed by atoms with E-state index in [-0.39, 0.29) is 78.0 Å². The lowest BCUT2D eigenvalue weighted by Crippen LogP contribution is -2.53. The average Bonchev–Trinajstić information content (AvgIpc) is 2.78. The topological polar surface area (TPSA) is 186 Å². The maximum atomic E-state index is 11.7. The van der Waals surface area contributed by atoms with E-state index in [0.717, 1.165) is 5.57 Å². The first-order valence-electron chi connectivity index (χ1n) is 12.4. The third-order valence-electron chi connectivity index (χ3n) is 6.25. The van der Waals surface area contributed by atoms with Crippen LogP contribution in [0.2, 0.25) is 0 Å². The molecule has 0 spiro atoms. The summed E-state index contributed by atoms with van der Waals surface area (Å²) in [5.74, 6) is -4.17. The summed E-state index contributed by atoms with van der Waals surface area (Å²) >= 11 is 0. The van der Waals surface area contributed by atoms with Crippen LogP contribution >= 0.6 is 0 Å². The van der Waals surface area contributed by atoms with E-state index in [9.17, 15) is 39.6 Å². The second kappa shape index (κ2) is 16.8. The number of carboxylic acids is 4. The Bertz CT molecular complexity index is 834. The summed E-state index contributed by atoms with van der Waals surface area (Å²) in [7, 11) is 0. The smallest absolute Gasteiger partial charge is 0.317 e.